The number of imide groups is 1. The van der Waals surface area contributed by atoms with Crippen molar-refractivity contribution in [1.82, 2.24) is 4.90 Å². The summed E-state index contributed by atoms with van der Waals surface area (Å²) in [5, 5.41) is 1.13. The van der Waals surface area contributed by atoms with E-state index in [4.69, 9.17) is 0 Å². The number of nitrogens with zero attached hydrogens (tertiary/aromatic N) is 1. The first-order valence-electron chi connectivity index (χ1n) is 6.07. The molecule has 0 spiro atoms. The fourth-order valence-electron chi connectivity index (χ4n) is 2.62. The monoisotopic (exact) mass is 323 g/mol. The van der Waals surface area contributed by atoms with Crippen molar-refractivity contribution in [1.29, 1.82) is 0 Å². The number of hydrogen-bond acceptors (Lipinski definition) is 3. The molecule has 0 aromatic heterocycles. The molecular weight excluding hydrogens is 312 g/mol. The minimum atomic E-state index is -0.489. The van der Waals surface area contributed by atoms with Crippen LogP contribution in [0, 0.1) is 0 Å². The minimum absolute atomic E-state index is 0.122. The van der Waals surface area contributed by atoms with Crippen LogP contribution in [0.2, 0.25) is 0 Å². The van der Waals surface area contributed by atoms with Crippen LogP contribution in [0.5, 0.6) is 0 Å². The first kappa shape index (κ1) is 12.5. The van der Waals surface area contributed by atoms with E-state index in [1.54, 1.807) is 11.0 Å². The summed E-state index contributed by atoms with van der Waals surface area (Å²) in [4.78, 5) is 36.9. The molecule has 0 saturated carbocycles. The smallest absolute Gasteiger partial charge is 0.318 e. The topological polar surface area (TPSA) is 71.1 Å². The third kappa shape index (κ3) is 2.11. The molecule has 3 rings (SSSR count). The molecule has 1 aromatic carbocycles. The second-order valence-corrected chi connectivity index (χ2v) is 5.72. The molecule has 1 saturated heterocycles. The lowest BCUT2D eigenvalue weighted by molar-refractivity contribution is -0.495. The van der Waals surface area contributed by atoms with Crippen molar-refractivity contribution < 1.29 is 19.7 Å². The van der Waals surface area contributed by atoms with Crippen molar-refractivity contribution in [3.05, 3.63) is 33.8 Å². The van der Waals surface area contributed by atoms with Crippen LogP contribution in [-0.2, 0) is 16.1 Å². The van der Waals surface area contributed by atoms with E-state index in [1.165, 1.54) is 0 Å². The van der Waals surface area contributed by atoms with Crippen molar-refractivity contribution in [2.75, 3.05) is 0 Å². The first-order valence-corrected chi connectivity index (χ1v) is 6.86. The Hall–Kier alpha value is -1.53. The highest BCUT2D eigenvalue weighted by Crippen LogP contribution is 2.28. The molecule has 2 aliphatic heterocycles. The van der Waals surface area contributed by atoms with Gasteiger partial charge in [0.15, 0.2) is 0 Å². The zero-order valence-corrected chi connectivity index (χ0v) is 11.6. The molecule has 6 heteroatoms. The number of quaternary nitrogens is 1. The van der Waals surface area contributed by atoms with E-state index in [9.17, 15) is 14.4 Å². The van der Waals surface area contributed by atoms with E-state index < -0.39 is 6.04 Å². The summed E-state index contributed by atoms with van der Waals surface area (Å²) in [5.74, 6) is -0.520. The Morgan fingerprint density at radius 3 is 2.79 bits per heavy atom. The molecular formula is C13H12BrN2O3+. The quantitative estimate of drug-likeness (QED) is 0.750. The molecule has 3 amide bonds. The molecule has 19 heavy (non-hydrogen) atoms. The lowest BCUT2D eigenvalue weighted by Gasteiger charge is -2.26. The largest absolute Gasteiger partial charge is 0.340 e. The average molecular weight is 324 g/mol. The van der Waals surface area contributed by atoms with E-state index in [0.29, 0.717) is 24.9 Å². The summed E-state index contributed by atoms with van der Waals surface area (Å²) in [6.45, 7) is 0.437. The number of amides is 3. The van der Waals surface area contributed by atoms with Gasteiger partial charge in [-0.3, -0.25) is 4.79 Å². The Labute approximate surface area is 118 Å². The predicted octanol–water partition coefficient (Wildman–Crippen LogP) is 0.184. The zero-order chi connectivity index (χ0) is 13.6. The molecule has 0 aliphatic carbocycles. The summed E-state index contributed by atoms with van der Waals surface area (Å²) in [6, 6.07) is 4.99. The third-order valence-corrected chi connectivity index (χ3v) is 4.06. The van der Waals surface area contributed by atoms with Gasteiger partial charge in [0.05, 0.1) is 6.42 Å². The number of halogens is 1. The van der Waals surface area contributed by atoms with Crippen LogP contribution in [0.25, 0.3) is 0 Å². The van der Waals surface area contributed by atoms with Gasteiger partial charge in [0, 0.05) is 16.6 Å². The standard InChI is InChI=1S/C13H11BrN2O3/c14-8-1-2-9-7(5-8)6-16(13(9)19)10-3-4-11(17)15-12(10)18/h1-2,5,10H,3-4,6H2,(H,15,17,18)/p+1. The molecule has 98 valence electrons. The summed E-state index contributed by atoms with van der Waals surface area (Å²) in [6.07, 6.45) is 0.759. The van der Waals surface area contributed by atoms with Crippen LogP contribution in [0.4, 0.5) is 0 Å². The molecule has 0 radical (unpaired) electrons. The fraction of sp³-hybridized carbons (Fsp3) is 0.308. The molecule has 1 atom stereocenters. The third-order valence-electron chi connectivity index (χ3n) is 3.57. The number of piperidine rings is 1. The number of carbonyl (C=O) groups excluding carboxylic acids is 3. The molecule has 1 aromatic rings. The maximum Gasteiger partial charge on any atom is 0.340 e. The van der Waals surface area contributed by atoms with E-state index >= 15 is 0 Å². The molecule has 2 heterocycles. The van der Waals surface area contributed by atoms with Crippen LogP contribution in [-0.4, -0.2) is 28.7 Å². The second-order valence-electron chi connectivity index (χ2n) is 4.80. The lowest BCUT2D eigenvalue weighted by Crippen LogP contribution is -2.96. The van der Waals surface area contributed by atoms with Crippen molar-refractivity contribution >= 4 is 33.7 Å². The number of nitrogens with two attached hydrogens (primary N) is 1. The van der Waals surface area contributed by atoms with Gasteiger partial charge in [-0.15, -0.1) is 0 Å². The highest BCUT2D eigenvalue weighted by molar-refractivity contribution is 9.10. The SMILES string of the molecule is O=C1CCC(N2Cc3cc(Br)ccc3C2=O)C(=O)[NH2+]1. The highest BCUT2D eigenvalue weighted by atomic mass is 79.9. The van der Waals surface area contributed by atoms with E-state index in [2.05, 4.69) is 15.9 Å². The van der Waals surface area contributed by atoms with Crippen LogP contribution < -0.4 is 5.32 Å². The summed E-state index contributed by atoms with van der Waals surface area (Å²) in [5.41, 5.74) is 1.57. The van der Waals surface area contributed by atoms with Gasteiger partial charge in [-0.2, -0.15) is 0 Å². The maximum atomic E-state index is 12.3. The van der Waals surface area contributed by atoms with Crippen LogP contribution in [0.15, 0.2) is 22.7 Å². The molecule has 2 N–H and O–H groups in total. The Balaban J connectivity index is 1.87. The van der Waals surface area contributed by atoms with Crippen molar-refractivity contribution in [2.45, 2.75) is 25.4 Å². The second kappa shape index (κ2) is 4.54. The van der Waals surface area contributed by atoms with Crippen LogP contribution in [0.1, 0.15) is 28.8 Å². The summed E-state index contributed by atoms with van der Waals surface area (Å²) < 4.78 is 0.914. The number of rotatable bonds is 1. The van der Waals surface area contributed by atoms with Gasteiger partial charge in [-0.05, 0) is 30.2 Å². The normalized spacial score (nSPS) is 22.9. The van der Waals surface area contributed by atoms with Crippen LogP contribution in [0.3, 0.4) is 0 Å². The minimum Gasteiger partial charge on any atom is -0.318 e. The maximum absolute atomic E-state index is 12.3. The Morgan fingerprint density at radius 1 is 1.26 bits per heavy atom. The molecule has 1 unspecified atom stereocenters. The Kier molecular flexibility index (Phi) is 2.99. The van der Waals surface area contributed by atoms with E-state index in [-0.39, 0.29) is 17.7 Å². The molecule has 2 aliphatic rings. The molecule has 5 nitrogen and oxygen atoms in total. The van der Waals surface area contributed by atoms with Gasteiger partial charge in [0.2, 0.25) is 0 Å². The van der Waals surface area contributed by atoms with E-state index in [0.717, 1.165) is 15.4 Å². The predicted molar refractivity (Wildman–Crippen MR) is 69.0 cm³/mol. The van der Waals surface area contributed by atoms with Crippen molar-refractivity contribution in [3.63, 3.8) is 0 Å². The first-order chi connectivity index (χ1) is 9.06. The zero-order valence-electron chi connectivity index (χ0n) is 10.1. The molecule has 1 fully saturated rings. The fourth-order valence-corrected chi connectivity index (χ4v) is 3.03. The number of primary amides is 2. The van der Waals surface area contributed by atoms with Gasteiger partial charge in [-0.25, -0.2) is 14.9 Å². The summed E-state index contributed by atoms with van der Waals surface area (Å²) in [7, 11) is 0. The lowest BCUT2D eigenvalue weighted by atomic mass is 10.0. The Morgan fingerprint density at radius 2 is 2.05 bits per heavy atom. The Bertz CT molecular complexity index is 600. The molecule has 0 bridgehead atoms. The number of benzene rings is 1. The van der Waals surface area contributed by atoms with Gasteiger partial charge in [0.1, 0.15) is 6.04 Å². The van der Waals surface area contributed by atoms with E-state index in [1.807, 2.05) is 12.1 Å². The number of hydrogen-bond donors (Lipinski definition) is 1. The van der Waals surface area contributed by atoms with Gasteiger partial charge < -0.3 is 4.90 Å². The number of fused-ring (bicyclic) bond motifs is 1. The summed E-state index contributed by atoms with van der Waals surface area (Å²) >= 11 is 3.37. The number of carbonyl (C=O) groups is 3. The van der Waals surface area contributed by atoms with Crippen LogP contribution >= 0.6 is 15.9 Å². The van der Waals surface area contributed by atoms with Crippen molar-refractivity contribution in [2.24, 2.45) is 0 Å². The van der Waals surface area contributed by atoms with Gasteiger partial charge in [0.25, 0.3) is 5.91 Å². The van der Waals surface area contributed by atoms with Crippen molar-refractivity contribution in [3.8, 4) is 0 Å². The van der Waals surface area contributed by atoms with Gasteiger partial charge in [-0.1, -0.05) is 15.9 Å². The average Bonchev–Trinajstić information content (AvgIpc) is 2.66. The highest BCUT2D eigenvalue weighted by Gasteiger charge is 2.41. The van der Waals surface area contributed by atoms with Gasteiger partial charge >= 0.3 is 11.8 Å².